The monoisotopic (exact) mass is 430 g/mol. The van der Waals surface area contributed by atoms with Gasteiger partial charge in [-0.1, -0.05) is 30.3 Å². The first-order valence-electron chi connectivity index (χ1n) is 10.3. The number of methoxy groups -OCH3 is 2. The first-order chi connectivity index (χ1) is 15.6. The lowest BCUT2D eigenvalue weighted by atomic mass is 9.83. The van der Waals surface area contributed by atoms with Crippen LogP contribution in [0.15, 0.2) is 48.5 Å². The van der Waals surface area contributed by atoms with E-state index in [1.165, 1.54) is 0 Å². The van der Waals surface area contributed by atoms with Gasteiger partial charge >= 0.3 is 0 Å². The van der Waals surface area contributed by atoms with Crippen LogP contribution in [-0.2, 0) is 17.8 Å². The number of para-hydroxylation sites is 1. The number of fused-ring (bicyclic) bond motifs is 3. The Hall–Kier alpha value is -3.78. The predicted octanol–water partition coefficient (Wildman–Crippen LogP) is 3.56. The van der Waals surface area contributed by atoms with Crippen molar-refractivity contribution in [2.24, 2.45) is 0 Å². The van der Waals surface area contributed by atoms with Crippen LogP contribution in [0.2, 0.25) is 0 Å². The number of phenolic OH excluding ortho intramolecular Hbond substituents is 1. The Morgan fingerprint density at radius 1 is 1.06 bits per heavy atom. The molecule has 0 bridgehead atoms. The van der Waals surface area contributed by atoms with Gasteiger partial charge in [0.2, 0.25) is 0 Å². The first-order valence-corrected chi connectivity index (χ1v) is 10.3. The second-order valence-corrected chi connectivity index (χ2v) is 7.80. The van der Waals surface area contributed by atoms with Gasteiger partial charge in [0.05, 0.1) is 30.7 Å². The zero-order valence-electron chi connectivity index (χ0n) is 17.8. The first kappa shape index (κ1) is 20.1. The molecular weight excluding hydrogens is 408 g/mol. The highest BCUT2D eigenvalue weighted by molar-refractivity contribution is 5.97. The molecule has 8 nitrogen and oxygen atoms in total. The summed E-state index contributed by atoms with van der Waals surface area (Å²) >= 11 is 0. The quantitative estimate of drug-likeness (QED) is 0.517. The molecule has 0 amide bonds. The van der Waals surface area contributed by atoms with E-state index in [0.717, 1.165) is 22.4 Å². The Morgan fingerprint density at radius 2 is 1.84 bits per heavy atom. The van der Waals surface area contributed by atoms with Crippen LogP contribution < -0.4 is 4.74 Å². The number of carbonyl (C=O) groups excluding carboxylic acids is 1. The molecule has 1 aliphatic rings. The van der Waals surface area contributed by atoms with E-state index in [2.05, 4.69) is 10.2 Å². The van der Waals surface area contributed by atoms with E-state index in [1.54, 1.807) is 30.9 Å². The minimum atomic E-state index is -0.164. The van der Waals surface area contributed by atoms with Crippen molar-refractivity contribution in [3.63, 3.8) is 0 Å². The molecule has 2 aromatic heterocycles. The van der Waals surface area contributed by atoms with Gasteiger partial charge in [-0.05, 0) is 35.7 Å². The number of hydrogen-bond donors (Lipinski definition) is 1. The second-order valence-electron chi connectivity index (χ2n) is 7.80. The van der Waals surface area contributed by atoms with Crippen LogP contribution in [0.3, 0.4) is 0 Å². The molecule has 162 valence electrons. The van der Waals surface area contributed by atoms with Gasteiger partial charge in [-0.15, -0.1) is 10.2 Å². The van der Waals surface area contributed by atoms with Gasteiger partial charge in [-0.2, -0.15) is 5.10 Å². The van der Waals surface area contributed by atoms with Crippen LogP contribution in [0, 0.1) is 0 Å². The number of ether oxygens (including phenoxy) is 2. The maximum atomic E-state index is 12.9. The van der Waals surface area contributed by atoms with E-state index in [-0.39, 0.29) is 30.5 Å². The number of ketones is 1. The molecule has 8 heteroatoms. The Bertz CT molecular complexity index is 1310. The Kier molecular flexibility index (Phi) is 5.07. The van der Waals surface area contributed by atoms with Crippen molar-refractivity contribution in [3.8, 4) is 22.6 Å². The zero-order chi connectivity index (χ0) is 22.2. The van der Waals surface area contributed by atoms with Crippen molar-refractivity contribution in [1.29, 1.82) is 0 Å². The highest BCUT2D eigenvalue weighted by Crippen LogP contribution is 2.37. The van der Waals surface area contributed by atoms with Gasteiger partial charge in [0, 0.05) is 19.4 Å². The Balaban J connectivity index is 1.67. The van der Waals surface area contributed by atoms with Crippen LogP contribution in [-0.4, -0.2) is 44.9 Å². The average molecular weight is 430 g/mol. The highest BCUT2D eigenvalue weighted by atomic mass is 16.5. The number of hydrogen-bond acceptors (Lipinski definition) is 7. The number of aromatic hydroxyl groups is 1. The summed E-state index contributed by atoms with van der Waals surface area (Å²) in [5, 5.41) is 23.8. The maximum Gasteiger partial charge on any atom is 0.185 e. The predicted molar refractivity (Wildman–Crippen MR) is 117 cm³/mol. The van der Waals surface area contributed by atoms with E-state index in [4.69, 9.17) is 14.6 Å². The third kappa shape index (κ3) is 3.29. The standard InChI is InChI=1S/C24H22N4O4/c1-31-13-18-22(14-7-9-16(32-2)10-8-14)24-26-25-23-19(28(24)27-18)11-15(12-21(23)30)17-5-3-4-6-20(17)29/h3-10,15,29H,11-13H2,1-2H3/t15-/m0/s1. The van der Waals surface area contributed by atoms with E-state index >= 15 is 0 Å². The summed E-state index contributed by atoms with van der Waals surface area (Å²) in [5.41, 5.74) is 4.75. The molecule has 0 aliphatic heterocycles. The molecule has 1 N–H and O–H groups in total. The van der Waals surface area contributed by atoms with E-state index in [1.807, 2.05) is 36.4 Å². The van der Waals surface area contributed by atoms with Crippen molar-refractivity contribution in [1.82, 2.24) is 19.8 Å². The van der Waals surface area contributed by atoms with E-state index in [0.29, 0.717) is 29.1 Å². The molecule has 0 unspecified atom stereocenters. The van der Waals surface area contributed by atoms with Crippen molar-refractivity contribution < 1.29 is 19.4 Å². The van der Waals surface area contributed by atoms with Gasteiger partial charge in [0.25, 0.3) is 0 Å². The fourth-order valence-electron chi connectivity index (χ4n) is 4.36. The molecule has 32 heavy (non-hydrogen) atoms. The summed E-state index contributed by atoms with van der Waals surface area (Å²) in [6.07, 6.45) is 0.781. The zero-order valence-corrected chi connectivity index (χ0v) is 17.8. The molecule has 5 rings (SSSR count). The molecule has 0 spiro atoms. The second kappa shape index (κ2) is 8.05. The maximum absolute atomic E-state index is 12.9. The van der Waals surface area contributed by atoms with E-state index in [9.17, 15) is 9.90 Å². The smallest absolute Gasteiger partial charge is 0.185 e. The molecule has 2 heterocycles. The lowest BCUT2D eigenvalue weighted by molar-refractivity contribution is 0.0955. The SMILES string of the molecule is COCc1nn2c3c(nnc2c1-c1ccc(OC)cc1)C(=O)C[C@@H](c1ccccc1O)C3. The topological polar surface area (TPSA) is 98.8 Å². The Labute approximate surface area is 184 Å². The molecular formula is C24H22N4O4. The molecule has 0 saturated carbocycles. The van der Waals surface area contributed by atoms with Gasteiger partial charge in [0.1, 0.15) is 11.5 Å². The van der Waals surface area contributed by atoms with Crippen LogP contribution in [0.25, 0.3) is 16.8 Å². The van der Waals surface area contributed by atoms with Crippen LogP contribution in [0.1, 0.15) is 39.8 Å². The van der Waals surface area contributed by atoms with E-state index < -0.39 is 0 Å². The summed E-state index contributed by atoms with van der Waals surface area (Å²) in [4.78, 5) is 12.9. The normalized spacial score (nSPS) is 15.7. The number of carbonyl (C=O) groups is 1. The summed E-state index contributed by atoms with van der Waals surface area (Å²) < 4.78 is 12.4. The number of nitrogens with zero attached hydrogens (tertiary/aromatic N) is 4. The summed E-state index contributed by atoms with van der Waals surface area (Å²) in [7, 11) is 3.23. The minimum Gasteiger partial charge on any atom is -0.508 e. The molecule has 0 saturated heterocycles. The Morgan fingerprint density at radius 3 is 2.56 bits per heavy atom. The van der Waals surface area contributed by atoms with Gasteiger partial charge < -0.3 is 14.6 Å². The largest absolute Gasteiger partial charge is 0.508 e. The summed E-state index contributed by atoms with van der Waals surface area (Å²) in [6.45, 7) is 0.288. The summed E-state index contributed by atoms with van der Waals surface area (Å²) in [5.74, 6) is 0.663. The molecule has 4 aromatic rings. The van der Waals surface area contributed by atoms with Crippen LogP contribution in [0.4, 0.5) is 0 Å². The number of benzene rings is 2. The van der Waals surface area contributed by atoms with Gasteiger partial charge in [-0.3, -0.25) is 4.79 Å². The number of aromatic nitrogens is 4. The fraction of sp³-hybridized carbons (Fsp3) is 0.250. The van der Waals surface area contributed by atoms with Gasteiger partial charge in [-0.25, -0.2) is 4.52 Å². The lowest BCUT2D eigenvalue weighted by Gasteiger charge is -2.23. The molecule has 0 fully saturated rings. The number of rotatable bonds is 5. The third-order valence-corrected chi connectivity index (χ3v) is 5.88. The molecule has 0 radical (unpaired) electrons. The van der Waals surface area contributed by atoms with Crippen molar-refractivity contribution in [2.45, 2.75) is 25.4 Å². The minimum absolute atomic E-state index is 0.108. The number of Topliss-reactive ketones (excluding diaryl/α,β-unsaturated/α-hetero) is 1. The van der Waals surface area contributed by atoms with Crippen molar-refractivity contribution in [3.05, 3.63) is 71.2 Å². The lowest BCUT2D eigenvalue weighted by Crippen LogP contribution is -2.24. The summed E-state index contributed by atoms with van der Waals surface area (Å²) in [6, 6.07) is 14.7. The highest BCUT2D eigenvalue weighted by Gasteiger charge is 2.32. The molecule has 1 aliphatic carbocycles. The molecule has 2 aromatic carbocycles. The molecule has 1 atom stereocenters. The van der Waals surface area contributed by atoms with Crippen LogP contribution in [0.5, 0.6) is 11.5 Å². The third-order valence-electron chi connectivity index (χ3n) is 5.88. The van der Waals surface area contributed by atoms with Crippen molar-refractivity contribution in [2.75, 3.05) is 14.2 Å². The average Bonchev–Trinajstić information content (AvgIpc) is 3.18. The van der Waals surface area contributed by atoms with Crippen molar-refractivity contribution >= 4 is 11.4 Å². The van der Waals surface area contributed by atoms with Crippen LogP contribution >= 0.6 is 0 Å². The van der Waals surface area contributed by atoms with Gasteiger partial charge in [0.15, 0.2) is 17.1 Å². The fourth-order valence-corrected chi connectivity index (χ4v) is 4.36. The number of phenols is 1.